The number of fused-ring (bicyclic) bond motifs is 1. The molecule has 0 aromatic heterocycles. The summed E-state index contributed by atoms with van der Waals surface area (Å²) in [6.07, 6.45) is 2.77. The van der Waals surface area contributed by atoms with Gasteiger partial charge in [0, 0.05) is 43.9 Å². The Morgan fingerprint density at radius 1 is 1.29 bits per heavy atom. The number of likely N-dealkylation sites (tertiary alicyclic amines) is 1. The zero-order valence-corrected chi connectivity index (χ0v) is 12.3. The summed E-state index contributed by atoms with van der Waals surface area (Å²) in [6, 6.07) is 5.73. The zero-order valence-electron chi connectivity index (χ0n) is 12.3. The van der Waals surface area contributed by atoms with Crippen molar-refractivity contribution in [1.29, 1.82) is 0 Å². The molecule has 3 rings (SSSR count). The summed E-state index contributed by atoms with van der Waals surface area (Å²) in [5.41, 5.74) is 8.67. The van der Waals surface area contributed by atoms with Gasteiger partial charge >= 0.3 is 0 Å². The van der Waals surface area contributed by atoms with Gasteiger partial charge in [-0.25, -0.2) is 0 Å². The minimum Gasteiger partial charge on any atom is -0.337 e. The summed E-state index contributed by atoms with van der Waals surface area (Å²) in [5, 5.41) is 0. The number of carbonyl (C=O) groups excluding carboxylic acids is 2. The van der Waals surface area contributed by atoms with Gasteiger partial charge in [-0.15, -0.1) is 0 Å². The van der Waals surface area contributed by atoms with Crippen LogP contribution in [0.5, 0.6) is 0 Å². The van der Waals surface area contributed by atoms with E-state index in [-0.39, 0.29) is 17.9 Å². The Bertz CT molecular complexity index is 585. The molecule has 0 spiro atoms. The number of anilines is 1. The van der Waals surface area contributed by atoms with E-state index in [0.29, 0.717) is 18.7 Å². The van der Waals surface area contributed by atoms with Crippen LogP contribution < -0.4 is 10.6 Å². The first kappa shape index (κ1) is 14.1. The Kier molecular flexibility index (Phi) is 3.68. The van der Waals surface area contributed by atoms with Crippen LogP contribution in [0.4, 0.5) is 5.69 Å². The maximum Gasteiger partial charge on any atom is 0.253 e. The molecule has 2 heterocycles. The molecule has 1 fully saturated rings. The number of nitrogens with two attached hydrogens (primary N) is 1. The van der Waals surface area contributed by atoms with E-state index in [1.807, 2.05) is 23.1 Å². The van der Waals surface area contributed by atoms with Crippen LogP contribution in [0.3, 0.4) is 0 Å². The molecule has 0 saturated carbocycles. The Morgan fingerprint density at radius 2 is 2.10 bits per heavy atom. The largest absolute Gasteiger partial charge is 0.337 e. The third kappa shape index (κ3) is 2.65. The molecule has 1 unspecified atom stereocenters. The van der Waals surface area contributed by atoms with E-state index in [4.69, 9.17) is 5.73 Å². The molecule has 21 heavy (non-hydrogen) atoms. The fourth-order valence-corrected chi connectivity index (χ4v) is 3.24. The molecule has 0 radical (unpaired) electrons. The lowest BCUT2D eigenvalue weighted by Crippen LogP contribution is -2.45. The van der Waals surface area contributed by atoms with E-state index in [9.17, 15) is 9.59 Å². The molecular formula is C16H21N3O2. The van der Waals surface area contributed by atoms with Gasteiger partial charge in [-0.05, 0) is 43.0 Å². The first-order valence-electron chi connectivity index (χ1n) is 7.52. The van der Waals surface area contributed by atoms with Gasteiger partial charge in [0.2, 0.25) is 5.91 Å². The number of piperidine rings is 1. The Hall–Kier alpha value is -1.88. The molecule has 1 aromatic carbocycles. The summed E-state index contributed by atoms with van der Waals surface area (Å²) in [7, 11) is 0. The van der Waals surface area contributed by atoms with Crippen LogP contribution in [0.25, 0.3) is 0 Å². The molecule has 1 saturated heterocycles. The zero-order chi connectivity index (χ0) is 15.0. The second-order valence-electron chi connectivity index (χ2n) is 5.92. The Balaban J connectivity index is 1.81. The van der Waals surface area contributed by atoms with Crippen molar-refractivity contribution in [2.75, 3.05) is 24.5 Å². The third-order valence-corrected chi connectivity index (χ3v) is 4.35. The summed E-state index contributed by atoms with van der Waals surface area (Å²) < 4.78 is 0. The highest BCUT2D eigenvalue weighted by Gasteiger charge is 2.26. The number of rotatable bonds is 1. The minimum atomic E-state index is 0.0502. The van der Waals surface area contributed by atoms with Crippen LogP contribution >= 0.6 is 0 Å². The molecule has 112 valence electrons. The van der Waals surface area contributed by atoms with Gasteiger partial charge in [0.25, 0.3) is 5.91 Å². The lowest BCUT2D eigenvalue weighted by molar-refractivity contribution is -0.116. The van der Waals surface area contributed by atoms with Gasteiger partial charge in [-0.1, -0.05) is 0 Å². The van der Waals surface area contributed by atoms with Crippen molar-refractivity contribution in [3.63, 3.8) is 0 Å². The number of hydrogen-bond donors (Lipinski definition) is 1. The highest BCUT2D eigenvalue weighted by molar-refractivity contribution is 5.98. The monoisotopic (exact) mass is 287 g/mol. The van der Waals surface area contributed by atoms with Gasteiger partial charge in [0.05, 0.1) is 0 Å². The van der Waals surface area contributed by atoms with Crippen LogP contribution in [0, 0.1) is 0 Å². The van der Waals surface area contributed by atoms with Crippen LogP contribution in [-0.4, -0.2) is 42.4 Å². The van der Waals surface area contributed by atoms with Crippen molar-refractivity contribution in [3.8, 4) is 0 Å². The maximum atomic E-state index is 12.6. The molecule has 2 aliphatic rings. The second-order valence-corrected chi connectivity index (χ2v) is 5.92. The molecule has 0 aliphatic carbocycles. The fourth-order valence-electron chi connectivity index (χ4n) is 3.24. The molecular weight excluding hydrogens is 266 g/mol. The topological polar surface area (TPSA) is 66.6 Å². The average molecular weight is 287 g/mol. The summed E-state index contributed by atoms with van der Waals surface area (Å²) >= 11 is 0. The van der Waals surface area contributed by atoms with Gasteiger partial charge in [0.15, 0.2) is 0 Å². The summed E-state index contributed by atoms with van der Waals surface area (Å²) in [6.45, 7) is 3.69. The standard InChI is InChI=1S/C16H21N3O2/c1-11(20)19-8-6-12-9-13(4-5-15(12)19)16(21)18-7-2-3-14(17)10-18/h4-5,9,14H,2-3,6-8,10,17H2,1H3. The second kappa shape index (κ2) is 5.48. The Morgan fingerprint density at radius 3 is 2.81 bits per heavy atom. The number of nitrogens with zero attached hydrogens (tertiary/aromatic N) is 2. The first-order valence-corrected chi connectivity index (χ1v) is 7.52. The fraction of sp³-hybridized carbons (Fsp3) is 0.500. The molecule has 2 N–H and O–H groups in total. The summed E-state index contributed by atoms with van der Waals surface area (Å²) in [5.74, 6) is 0.101. The first-order chi connectivity index (χ1) is 10.1. The van der Waals surface area contributed by atoms with Crippen molar-refractivity contribution in [3.05, 3.63) is 29.3 Å². The number of hydrogen-bond acceptors (Lipinski definition) is 3. The maximum absolute atomic E-state index is 12.6. The normalized spacial score (nSPS) is 21.3. The van der Waals surface area contributed by atoms with E-state index in [1.165, 1.54) is 0 Å². The van der Waals surface area contributed by atoms with Gasteiger partial charge in [-0.3, -0.25) is 9.59 Å². The van der Waals surface area contributed by atoms with Gasteiger partial charge in [-0.2, -0.15) is 0 Å². The minimum absolute atomic E-state index is 0.0502. The van der Waals surface area contributed by atoms with E-state index in [1.54, 1.807) is 11.8 Å². The third-order valence-electron chi connectivity index (χ3n) is 4.35. The highest BCUT2D eigenvalue weighted by Crippen LogP contribution is 2.29. The smallest absolute Gasteiger partial charge is 0.253 e. The lowest BCUT2D eigenvalue weighted by Gasteiger charge is -2.31. The molecule has 2 aliphatic heterocycles. The number of amides is 2. The van der Waals surface area contributed by atoms with Gasteiger partial charge in [0.1, 0.15) is 0 Å². The van der Waals surface area contributed by atoms with E-state index in [0.717, 1.165) is 37.1 Å². The van der Waals surface area contributed by atoms with Crippen molar-refractivity contribution in [2.45, 2.75) is 32.2 Å². The number of carbonyl (C=O) groups is 2. The van der Waals surface area contributed by atoms with E-state index >= 15 is 0 Å². The van der Waals surface area contributed by atoms with E-state index in [2.05, 4.69) is 0 Å². The van der Waals surface area contributed by atoms with Crippen LogP contribution in [0.15, 0.2) is 18.2 Å². The molecule has 5 nitrogen and oxygen atoms in total. The van der Waals surface area contributed by atoms with Crippen molar-refractivity contribution >= 4 is 17.5 Å². The number of benzene rings is 1. The molecule has 1 atom stereocenters. The molecule has 2 amide bonds. The average Bonchev–Trinajstić information content (AvgIpc) is 2.89. The SMILES string of the molecule is CC(=O)N1CCc2cc(C(=O)N3CCCC(N)C3)ccc21. The van der Waals surface area contributed by atoms with Gasteiger partial charge < -0.3 is 15.5 Å². The Labute approximate surface area is 124 Å². The van der Waals surface area contributed by atoms with Crippen molar-refractivity contribution < 1.29 is 9.59 Å². The van der Waals surface area contributed by atoms with Crippen LogP contribution in [0.1, 0.15) is 35.7 Å². The molecule has 1 aromatic rings. The predicted octanol–water partition coefficient (Wildman–Crippen LogP) is 1.16. The van der Waals surface area contributed by atoms with E-state index < -0.39 is 0 Å². The molecule has 0 bridgehead atoms. The van der Waals surface area contributed by atoms with Crippen molar-refractivity contribution in [1.82, 2.24) is 4.90 Å². The predicted molar refractivity (Wildman–Crippen MR) is 81.3 cm³/mol. The van der Waals surface area contributed by atoms with Crippen molar-refractivity contribution in [2.24, 2.45) is 5.73 Å². The summed E-state index contributed by atoms with van der Waals surface area (Å²) in [4.78, 5) is 27.7. The molecule has 5 heteroatoms. The quantitative estimate of drug-likeness (QED) is 0.843. The van der Waals surface area contributed by atoms with Crippen LogP contribution in [0.2, 0.25) is 0 Å². The lowest BCUT2D eigenvalue weighted by atomic mass is 10.0. The highest BCUT2D eigenvalue weighted by atomic mass is 16.2. The van der Waals surface area contributed by atoms with Crippen LogP contribution in [-0.2, 0) is 11.2 Å².